The van der Waals surface area contributed by atoms with Crippen LogP contribution in [-0.2, 0) is 20.9 Å². The molecule has 0 spiro atoms. The molecule has 2 aromatic carbocycles. The van der Waals surface area contributed by atoms with Gasteiger partial charge in [0.05, 0.1) is 11.8 Å². The second-order valence-corrected chi connectivity index (χ2v) is 7.71. The van der Waals surface area contributed by atoms with Gasteiger partial charge in [0.1, 0.15) is 18.5 Å². The molecular weight excluding hydrogens is 342 g/mol. The van der Waals surface area contributed by atoms with Crippen molar-refractivity contribution in [3.05, 3.63) is 60.2 Å². The van der Waals surface area contributed by atoms with Crippen LogP contribution in [-0.4, -0.2) is 18.0 Å². The van der Waals surface area contributed by atoms with Crippen molar-refractivity contribution in [2.24, 2.45) is 23.7 Å². The highest BCUT2D eigenvalue weighted by Crippen LogP contribution is 2.57. The van der Waals surface area contributed by atoms with Crippen LogP contribution in [0.15, 0.2) is 54.6 Å². The summed E-state index contributed by atoms with van der Waals surface area (Å²) in [6, 6.07) is 17.3. The van der Waals surface area contributed by atoms with Crippen LogP contribution in [0.4, 0.5) is 5.69 Å². The van der Waals surface area contributed by atoms with E-state index in [0.29, 0.717) is 6.61 Å². The summed E-state index contributed by atoms with van der Waals surface area (Å²) in [6.45, 7) is 0.503. The van der Waals surface area contributed by atoms with E-state index in [9.17, 15) is 9.59 Å². The molecule has 0 unspecified atom stereocenters. The molecule has 5 nitrogen and oxygen atoms in total. The number of amides is 1. The molecule has 138 valence electrons. The highest BCUT2D eigenvalue weighted by Gasteiger charge is 2.63. The van der Waals surface area contributed by atoms with Gasteiger partial charge in [-0.1, -0.05) is 30.3 Å². The Bertz CT molecular complexity index is 862. The lowest BCUT2D eigenvalue weighted by molar-refractivity contribution is -0.145. The van der Waals surface area contributed by atoms with Crippen LogP contribution in [0.1, 0.15) is 18.4 Å². The van der Waals surface area contributed by atoms with E-state index in [0.717, 1.165) is 29.8 Å². The van der Waals surface area contributed by atoms with Crippen molar-refractivity contribution >= 4 is 17.6 Å². The quantitative estimate of drug-likeness (QED) is 0.827. The van der Waals surface area contributed by atoms with Crippen molar-refractivity contribution in [3.63, 3.8) is 0 Å². The minimum atomic E-state index is -0.254. The molecule has 5 rings (SSSR count). The highest BCUT2D eigenvalue weighted by molar-refractivity contribution is 5.97. The lowest BCUT2D eigenvalue weighted by atomic mass is 9.79. The first-order chi connectivity index (χ1) is 13.2. The number of hydrogen-bond donors (Lipinski definition) is 1. The van der Waals surface area contributed by atoms with Crippen LogP contribution in [0.25, 0.3) is 0 Å². The van der Waals surface area contributed by atoms with E-state index in [4.69, 9.17) is 9.47 Å². The van der Waals surface area contributed by atoms with Gasteiger partial charge in [0, 0.05) is 11.6 Å². The van der Waals surface area contributed by atoms with Crippen molar-refractivity contribution in [3.8, 4) is 5.75 Å². The fraction of sp³-hybridized carbons (Fsp3) is 0.364. The molecule has 5 heteroatoms. The molecular formula is C22H21NO4. The summed E-state index contributed by atoms with van der Waals surface area (Å²) < 4.78 is 11.2. The van der Waals surface area contributed by atoms with Gasteiger partial charge in [0.15, 0.2) is 0 Å². The smallest absolute Gasteiger partial charge is 0.310 e. The van der Waals surface area contributed by atoms with Gasteiger partial charge in [0.25, 0.3) is 0 Å². The van der Waals surface area contributed by atoms with E-state index >= 15 is 0 Å². The number of carbonyl (C=O) groups excluding carboxylic acids is 2. The second kappa shape index (κ2) is 6.41. The van der Waals surface area contributed by atoms with Gasteiger partial charge in [-0.15, -0.1) is 0 Å². The summed E-state index contributed by atoms with van der Waals surface area (Å²) in [5, 5.41) is 2.97. The van der Waals surface area contributed by atoms with E-state index in [2.05, 4.69) is 5.32 Å². The lowest BCUT2D eigenvalue weighted by Gasteiger charge is -2.23. The number of benzene rings is 2. The Hall–Kier alpha value is -2.82. The zero-order valence-electron chi connectivity index (χ0n) is 14.8. The molecule has 2 aliphatic carbocycles. The lowest BCUT2D eigenvalue weighted by Crippen LogP contribution is -2.35. The van der Waals surface area contributed by atoms with Crippen LogP contribution in [0.5, 0.6) is 5.75 Å². The Morgan fingerprint density at radius 2 is 1.85 bits per heavy atom. The molecule has 1 aliphatic heterocycles. The van der Waals surface area contributed by atoms with Crippen LogP contribution in [0.2, 0.25) is 0 Å². The Morgan fingerprint density at radius 1 is 1.07 bits per heavy atom. The number of anilines is 1. The number of carbonyl (C=O) groups is 2. The number of fused-ring (bicyclic) bond motifs is 1. The molecule has 2 saturated carbocycles. The summed E-state index contributed by atoms with van der Waals surface area (Å²) in [4.78, 5) is 24.9. The molecule has 3 aliphatic rings. The summed E-state index contributed by atoms with van der Waals surface area (Å²) in [6.07, 6.45) is 1.82. The van der Waals surface area contributed by atoms with E-state index in [1.807, 2.05) is 54.6 Å². The molecule has 5 atom stereocenters. The summed E-state index contributed by atoms with van der Waals surface area (Å²) in [7, 11) is 0. The summed E-state index contributed by atoms with van der Waals surface area (Å²) >= 11 is 0. The molecule has 1 heterocycles. The Kier molecular flexibility index (Phi) is 3.88. The zero-order chi connectivity index (χ0) is 18.4. The predicted molar refractivity (Wildman–Crippen MR) is 98.9 cm³/mol. The van der Waals surface area contributed by atoms with E-state index in [1.165, 1.54) is 0 Å². The van der Waals surface area contributed by atoms with E-state index in [1.54, 1.807) is 0 Å². The Labute approximate surface area is 157 Å². The van der Waals surface area contributed by atoms with Gasteiger partial charge < -0.3 is 14.8 Å². The largest absolute Gasteiger partial charge is 0.489 e. The number of hydrogen-bond acceptors (Lipinski definition) is 4. The number of rotatable bonds is 5. The average Bonchev–Trinajstić information content (AvgIpc) is 3.31. The van der Waals surface area contributed by atoms with Gasteiger partial charge in [0.2, 0.25) is 5.91 Å². The van der Waals surface area contributed by atoms with Crippen molar-refractivity contribution in [2.75, 3.05) is 5.32 Å². The summed E-state index contributed by atoms with van der Waals surface area (Å²) in [5.41, 5.74) is 1.82. The molecule has 3 fully saturated rings. The minimum Gasteiger partial charge on any atom is -0.489 e. The highest BCUT2D eigenvalue weighted by atomic mass is 16.6. The first-order valence-electron chi connectivity index (χ1n) is 9.47. The number of nitrogens with one attached hydrogen (secondary N) is 1. The first kappa shape index (κ1) is 16.4. The van der Waals surface area contributed by atoms with Gasteiger partial charge in [-0.05, 0) is 48.6 Å². The fourth-order valence-electron chi connectivity index (χ4n) is 4.96. The van der Waals surface area contributed by atoms with Gasteiger partial charge in [-0.25, -0.2) is 0 Å². The predicted octanol–water partition coefficient (Wildman–Crippen LogP) is 3.40. The molecule has 2 bridgehead atoms. The van der Waals surface area contributed by atoms with E-state index in [-0.39, 0.29) is 41.7 Å². The number of ether oxygens (including phenoxy) is 2. The molecule has 1 N–H and O–H groups in total. The molecule has 27 heavy (non-hydrogen) atoms. The van der Waals surface area contributed by atoms with Crippen LogP contribution in [0, 0.1) is 23.7 Å². The molecule has 0 radical (unpaired) electrons. The Morgan fingerprint density at radius 3 is 2.63 bits per heavy atom. The monoisotopic (exact) mass is 363 g/mol. The summed E-state index contributed by atoms with van der Waals surface area (Å²) in [5.74, 6) is 0.506. The van der Waals surface area contributed by atoms with Crippen LogP contribution >= 0.6 is 0 Å². The van der Waals surface area contributed by atoms with Gasteiger partial charge in [-0.2, -0.15) is 0 Å². The molecule has 1 amide bonds. The maximum atomic E-state index is 12.8. The third-order valence-corrected chi connectivity index (χ3v) is 6.16. The number of esters is 1. The van der Waals surface area contributed by atoms with Crippen molar-refractivity contribution in [1.29, 1.82) is 0 Å². The van der Waals surface area contributed by atoms with Crippen molar-refractivity contribution in [2.45, 2.75) is 25.6 Å². The fourth-order valence-corrected chi connectivity index (χ4v) is 4.96. The third-order valence-electron chi connectivity index (χ3n) is 6.16. The van der Waals surface area contributed by atoms with Crippen LogP contribution in [0.3, 0.4) is 0 Å². The first-order valence-corrected chi connectivity index (χ1v) is 9.47. The Balaban J connectivity index is 1.21. The van der Waals surface area contributed by atoms with Crippen LogP contribution < -0.4 is 10.1 Å². The van der Waals surface area contributed by atoms with Gasteiger partial charge in [-0.3, -0.25) is 9.59 Å². The zero-order valence-corrected chi connectivity index (χ0v) is 14.8. The van der Waals surface area contributed by atoms with Gasteiger partial charge >= 0.3 is 5.97 Å². The van der Waals surface area contributed by atoms with Crippen molar-refractivity contribution < 1.29 is 19.1 Å². The normalized spacial score (nSPS) is 30.2. The molecule has 1 saturated heterocycles. The SMILES string of the molecule is O=C(Nc1ccc(OCc2ccccc2)cc1)[C@@H]1[C@@H]2C[C@@H]3[C@H]1C(=O)O[C@H]3C2. The molecule has 2 aromatic rings. The van der Waals surface area contributed by atoms with E-state index < -0.39 is 0 Å². The molecule has 0 aromatic heterocycles. The second-order valence-electron chi connectivity index (χ2n) is 7.71. The minimum absolute atomic E-state index is 0.0533. The van der Waals surface area contributed by atoms with Crippen molar-refractivity contribution in [1.82, 2.24) is 0 Å². The average molecular weight is 363 g/mol. The maximum absolute atomic E-state index is 12.8. The maximum Gasteiger partial charge on any atom is 0.310 e. The standard InChI is InChI=1S/C22H21NO4/c24-21(19-14-10-17-18(11-14)27-22(25)20(17)19)23-15-6-8-16(9-7-15)26-12-13-4-2-1-3-5-13/h1-9,14,17-20H,10-12H2,(H,23,24)/t14-,17+,18+,19-,20-/m1/s1. The third kappa shape index (κ3) is 2.87. The topological polar surface area (TPSA) is 64.6 Å².